The van der Waals surface area contributed by atoms with E-state index in [1.54, 1.807) is 0 Å². The van der Waals surface area contributed by atoms with Crippen molar-refractivity contribution in [1.29, 1.82) is 0 Å². The van der Waals surface area contributed by atoms with Crippen LogP contribution in [0.5, 0.6) is 11.5 Å². The molecule has 1 saturated carbocycles. The summed E-state index contributed by atoms with van der Waals surface area (Å²) in [6, 6.07) is 6.32. The lowest BCUT2D eigenvalue weighted by atomic mass is 9.81. The number of fused-ring (bicyclic) bond motifs is 1. The summed E-state index contributed by atoms with van der Waals surface area (Å²) in [6.07, 6.45) is 8.11. The average molecular weight is 261 g/mol. The quantitative estimate of drug-likeness (QED) is 0.848. The molecule has 2 N–H and O–H groups in total. The summed E-state index contributed by atoms with van der Waals surface area (Å²) in [4.78, 5) is 0. The van der Waals surface area contributed by atoms with Gasteiger partial charge in [0.15, 0.2) is 11.5 Å². The van der Waals surface area contributed by atoms with Gasteiger partial charge in [0, 0.05) is 0 Å². The molecule has 1 aliphatic carbocycles. The van der Waals surface area contributed by atoms with Crippen LogP contribution >= 0.6 is 0 Å². The molecule has 1 atom stereocenters. The number of nitrogens with two attached hydrogens (primary N) is 1. The van der Waals surface area contributed by atoms with Crippen molar-refractivity contribution >= 4 is 0 Å². The second kappa shape index (κ2) is 5.83. The molecule has 0 radical (unpaired) electrons. The zero-order valence-corrected chi connectivity index (χ0v) is 11.4. The van der Waals surface area contributed by atoms with Crippen LogP contribution in [0.2, 0.25) is 0 Å². The van der Waals surface area contributed by atoms with Crippen LogP contribution < -0.4 is 15.2 Å². The molecule has 0 bridgehead atoms. The lowest BCUT2D eigenvalue weighted by Gasteiger charge is -2.25. The summed E-state index contributed by atoms with van der Waals surface area (Å²) in [5, 5.41) is 0. The highest BCUT2D eigenvalue weighted by molar-refractivity contribution is 5.45. The van der Waals surface area contributed by atoms with E-state index in [1.165, 1.54) is 44.1 Å². The van der Waals surface area contributed by atoms with E-state index in [-0.39, 0.29) is 0 Å². The van der Waals surface area contributed by atoms with Crippen molar-refractivity contribution in [2.75, 3.05) is 13.3 Å². The monoisotopic (exact) mass is 261 g/mol. The molecule has 1 fully saturated rings. The van der Waals surface area contributed by atoms with Crippen molar-refractivity contribution in [3.05, 3.63) is 23.8 Å². The molecule has 1 unspecified atom stereocenters. The highest BCUT2D eigenvalue weighted by Gasteiger charge is 2.25. The standard InChI is InChI=1S/C16H23NO2/c17-10-14(12-5-3-1-2-4-6-12)13-7-8-15-16(9-13)19-11-18-15/h7-9,12,14H,1-6,10-11,17H2. The van der Waals surface area contributed by atoms with Gasteiger partial charge in [-0.15, -0.1) is 0 Å². The second-order valence-electron chi connectivity index (χ2n) is 5.71. The largest absolute Gasteiger partial charge is 0.454 e. The molecule has 104 valence electrons. The van der Waals surface area contributed by atoms with E-state index in [2.05, 4.69) is 12.1 Å². The van der Waals surface area contributed by atoms with Gasteiger partial charge in [0.05, 0.1) is 0 Å². The molecule has 0 amide bonds. The number of benzene rings is 1. The number of hydrogen-bond donors (Lipinski definition) is 1. The molecule has 1 aromatic carbocycles. The van der Waals surface area contributed by atoms with Crippen molar-refractivity contribution in [2.24, 2.45) is 11.7 Å². The van der Waals surface area contributed by atoms with E-state index in [0.717, 1.165) is 24.0 Å². The van der Waals surface area contributed by atoms with Gasteiger partial charge in [0.2, 0.25) is 6.79 Å². The van der Waals surface area contributed by atoms with Crippen molar-refractivity contribution in [1.82, 2.24) is 0 Å². The maximum Gasteiger partial charge on any atom is 0.231 e. The van der Waals surface area contributed by atoms with Crippen LogP contribution in [-0.2, 0) is 0 Å². The number of ether oxygens (including phenoxy) is 2. The number of hydrogen-bond acceptors (Lipinski definition) is 3. The maximum atomic E-state index is 6.06. The SMILES string of the molecule is NCC(c1ccc2c(c1)OCO2)C1CCCCCC1. The van der Waals surface area contributed by atoms with Crippen molar-refractivity contribution in [3.8, 4) is 11.5 Å². The maximum absolute atomic E-state index is 6.06. The fourth-order valence-corrected chi connectivity index (χ4v) is 3.46. The van der Waals surface area contributed by atoms with Gasteiger partial charge in [0.1, 0.15) is 0 Å². The minimum atomic E-state index is 0.343. The van der Waals surface area contributed by atoms with Crippen LogP contribution in [0.15, 0.2) is 18.2 Å². The van der Waals surface area contributed by atoms with E-state index in [4.69, 9.17) is 15.2 Å². The predicted octanol–water partition coefficient (Wildman–Crippen LogP) is 3.43. The zero-order valence-electron chi connectivity index (χ0n) is 11.4. The van der Waals surface area contributed by atoms with Crippen LogP contribution in [0, 0.1) is 5.92 Å². The topological polar surface area (TPSA) is 44.5 Å². The van der Waals surface area contributed by atoms with Gasteiger partial charge in [-0.25, -0.2) is 0 Å². The van der Waals surface area contributed by atoms with Crippen molar-refractivity contribution in [2.45, 2.75) is 44.4 Å². The normalized spacial score (nSPS) is 21.1. The van der Waals surface area contributed by atoms with Crippen LogP contribution in [0.4, 0.5) is 0 Å². The van der Waals surface area contributed by atoms with Crippen molar-refractivity contribution < 1.29 is 9.47 Å². The van der Waals surface area contributed by atoms with Crippen LogP contribution in [0.3, 0.4) is 0 Å². The molecular formula is C16H23NO2. The highest BCUT2D eigenvalue weighted by atomic mass is 16.7. The Kier molecular flexibility index (Phi) is 3.92. The molecule has 1 heterocycles. The van der Waals surface area contributed by atoms with Gasteiger partial charge in [-0.2, -0.15) is 0 Å². The first kappa shape index (κ1) is 12.8. The summed E-state index contributed by atoms with van der Waals surface area (Å²) < 4.78 is 10.9. The summed E-state index contributed by atoms with van der Waals surface area (Å²) in [5.41, 5.74) is 7.38. The molecule has 0 spiro atoms. The van der Waals surface area contributed by atoms with Gasteiger partial charge in [-0.1, -0.05) is 31.7 Å². The first-order chi connectivity index (χ1) is 9.38. The Bertz CT molecular complexity index is 425. The Hall–Kier alpha value is -1.22. The third kappa shape index (κ3) is 2.71. The predicted molar refractivity (Wildman–Crippen MR) is 75.6 cm³/mol. The average Bonchev–Trinajstić information content (AvgIpc) is 2.74. The number of rotatable bonds is 3. The molecule has 3 heteroatoms. The lowest BCUT2D eigenvalue weighted by molar-refractivity contribution is 0.174. The minimum absolute atomic E-state index is 0.343. The van der Waals surface area contributed by atoms with Gasteiger partial charge >= 0.3 is 0 Å². The summed E-state index contributed by atoms with van der Waals surface area (Å²) in [7, 11) is 0. The lowest BCUT2D eigenvalue weighted by Crippen LogP contribution is -2.21. The van der Waals surface area contributed by atoms with Gasteiger partial charge < -0.3 is 15.2 Å². The highest BCUT2D eigenvalue weighted by Crippen LogP contribution is 2.39. The molecule has 1 aromatic rings. The molecule has 3 nitrogen and oxygen atoms in total. The summed E-state index contributed by atoms with van der Waals surface area (Å²) in [6.45, 7) is 1.07. The molecule has 2 aliphatic rings. The Labute approximate surface area is 115 Å². The Balaban J connectivity index is 1.80. The second-order valence-corrected chi connectivity index (χ2v) is 5.71. The molecule has 3 rings (SSSR count). The van der Waals surface area contributed by atoms with Crippen LogP contribution in [-0.4, -0.2) is 13.3 Å². The summed E-state index contributed by atoms with van der Waals surface area (Å²) >= 11 is 0. The van der Waals surface area contributed by atoms with E-state index < -0.39 is 0 Å². The van der Waals surface area contributed by atoms with Gasteiger partial charge in [-0.3, -0.25) is 0 Å². The summed E-state index contributed by atoms with van der Waals surface area (Å²) in [5.74, 6) is 2.94. The molecular weight excluding hydrogens is 238 g/mol. The van der Waals surface area contributed by atoms with Gasteiger partial charge in [0.25, 0.3) is 0 Å². The first-order valence-corrected chi connectivity index (χ1v) is 7.48. The smallest absolute Gasteiger partial charge is 0.231 e. The van der Waals surface area contributed by atoms with Crippen molar-refractivity contribution in [3.63, 3.8) is 0 Å². The van der Waals surface area contributed by atoms with Crippen LogP contribution in [0.25, 0.3) is 0 Å². The Morgan fingerprint density at radius 1 is 1.05 bits per heavy atom. The molecule has 0 saturated heterocycles. The third-order valence-electron chi connectivity index (χ3n) is 4.55. The fourth-order valence-electron chi connectivity index (χ4n) is 3.46. The van der Waals surface area contributed by atoms with Gasteiger partial charge in [-0.05, 0) is 48.9 Å². The van der Waals surface area contributed by atoms with E-state index in [0.29, 0.717) is 12.7 Å². The van der Waals surface area contributed by atoms with E-state index in [9.17, 15) is 0 Å². The van der Waals surface area contributed by atoms with E-state index in [1.807, 2.05) is 6.07 Å². The Morgan fingerprint density at radius 3 is 2.53 bits per heavy atom. The van der Waals surface area contributed by atoms with E-state index >= 15 is 0 Å². The minimum Gasteiger partial charge on any atom is -0.454 e. The Morgan fingerprint density at radius 2 is 1.79 bits per heavy atom. The molecule has 0 aromatic heterocycles. The third-order valence-corrected chi connectivity index (χ3v) is 4.55. The molecule has 19 heavy (non-hydrogen) atoms. The zero-order chi connectivity index (χ0) is 13.1. The fraction of sp³-hybridized carbons (Fsp3) is 0.625. The molecule has 1 aliphatic heterocycles. The first-order valence-electron chi connectivity index (χ1n) is 7.48. The van der Waals surface area contributed by atoms with Crippen LogP contribution in [0.1, 0.15) is 50.0 Å².